The number of anilines is 2. The van der Waals surface area contributed by atoms with E-state index in [-0.39, 0.29) is 6.03 Å². The van der Waals surface area contributed by atoms with Crippen LogP contribution in [0.1, 0.15) is 5.56 Å². The van der Waals surface area contributed by atoms with E-state index in [1.165, 1.54) is 11.8 Å². The number of morpholine rings is 1. The number of hydrogen-bond acceptors (Lipinski definition) is 8. The number of urea groups is 1. The predicted molar refractivity (Wildman–Crippen MR) is 114 cm³/mol. The number of tetrazole rings is 1. The van der Waals surface area contributed by atoms with Crippen LogP contribution in [-0.2, 0) is 11.3 Å². The van der Waals surface area contributed by atoms with E-state index in [0.29, 0.717) is 30.6 Å². The summed E-state index contributed by atoms with van der Waals surface area (Å²) in [6.07, 6.45) is 3.67. The number of amides is 2. The third-order valence-electron chi connectivity index (χ3n) is 4.57. The zero-order chi connectivity index (χ0) is 20.8. The van der Waals surface area contributed by atoms with Crippen LogP contribution in [0.3, 0.4) is 0 Å². The lowest BCUT2D eigenvalue weighted by atomic mass is 10.2. The first kappa shape index (κ1) is 20.1. The van der Waals surface area contributed by atoms with Gasteiger partial charge in [-0.2, -0.15) is 4.68 Å². The molecule has 1 aliphatic heterocycles. The Morgan fingerprint density at radius 2 is 2.10 bits per heavy atom. The van der Waals surface area contributed by atoms with Gasteiger partial charge in [0, 0.05) is 31.5 Å². The van der Waals surface area contributed by atoms with E-state index in [0.717, 1.165) is 30.2 Å². The number of nitrogens with zero attached hydrogens (tertiary/aromatic N) is 6. The van der Waals surface area contributed by atoms with E-state index in [4.69, 9.17) is 4.74 Å². The van der Waals surface area contributed by atoms with Gasteiger partial charge in [-0.25, -0.2) is 9.78 Å². The minimum atomic E-state index is -0.293. The molecular weight excluding hydrogens is 404 g/mol. The second-order valence-electron chi connectivity index (χ2n) is 6.56. The highest BCUT2D eigenvalue weighted by molar-refractivity contribution is 7.98. The number of carbonyl (C=O) groups is 1. The van der Waals surface area contributed by atoms with Crippen LogP contribution in [0.25, 0.3) is 5.69 Å². The second kappa shape index (κ2) is 9.55. The molecule has 3 heterocycles. The Balaban J connectivity index is 1.36. The molecule has 2 N–H and O–H groups in total. The number of hydrogen-bond donors (Lipinski definition) is 2. The fraction of sp³-hybridized carbons (Fsp3) is 0.316. The lowest BCUT2D eigenvalue weighted by molar-refractivity contribution is 0.122. The van der Waals surface area contributed by atoms with Gasteiger partial charge in [0.2, 0.25) is 5.16 Å². The van der Waals surface area contributed by atoms with E-state index < -0.39 is 0 Å². The summed E-state index contributed by atoms with van der Waals surface area (Å²) >= 11 is 1.45. The molecule has 156 valence electrons. The van der Waals surface area contributed by atoms with Gasteiger partial charge in [-0.05, 0) is 52.6 Å². The third kappa shape index (κ3) is 4.86. The Morgan fingerprint density at radius 3 is 2.93 bits per heavy atom. The van der Waals surface area contributed by atoms with Crippen LogP contribution in [0.2, 0.25) is 0 Å². The quantitative estimate of drug-likeness (QED) is 0.576. The van der Waals surface area contributed by atoms with Crippen molar-refractivity contribution in [1.29, 1.82) is 0 Å². The Bertz CT molecular complexity index is 1010. The molecule has 0 saturated carbocycles. The topological polar surface area (TPSA) is 110 Å². The zero-order valence-corrected chi connectivity index (χ0v) is 17.3. The van der Waals surface area contributed by atoms with Crippen LogP contribution in [0.15, 0.2) is 47.8 Å². The Kier molecular flexibility index (Phi) is 6.40. The molecule has 0 radical (unpaired) electrons. The summed E-state index contributed by atoms with van der Waals surface area (Å²) in [5, 5.41) is 18.0. The van der Waals surface area contributed by atoms with Crippen molar-refractivity contribution in [3.8, 4) is 5.69 Å². The molecule has 1 aromatic carbocycles. The van der Waals surface area contributed by atoms with Gasteiger partial charge in [-0.1, -0.05) is 17.8 Å². The lowest BCUT2D eigenvalue weighted by Crippen LogP contribution is -2.36. The van der Waals surface area contributed by atoms with Gasteiger partial charge in [0.05, 0.1) is 18.9 Å². The molecule has 0 atom stereocenters. The number of aromatic nitrogens is 5. The summed E-state index contributed by atoms with van der Waals surface area (Å²) < 4.78 is 7.01. The van der Waals surface area contributed by atoms with Gasteiger partial charge in [0.25, 0.3) is 0 Å². The zero-order valence-electron chi connectivity index (χ0n) is 16.5. The average molecular weight is 427 g/mol. The maximum atomic E-state index is 12.4. The molecular formula is C19H22N8O2S. The first-order valence-electron chi connectivity index (χ1n) is 9.48. The molecule has 0 unspecified atom stereocenters. The largest absolute Gasteiger partial charge is 0.378 e. The molecule has 1 aliphatic rings. The van der Waals surface area contributed by atoms with E-state index in [1.807, 2.05) is 42.7 Å². The standard InChI is InChI=1S/C19H22N8O2S/c1-30-19-23-24-25-27(19)16-4-2-3-15(12-16)22-18(28)21-13-14-5-6-20-17(11-14)26-7-9-29-10-8-26/h2-6,11-12H,7-10,13H2,1H3,(H2,21,22,28). The fourth-order valence-corrected chi connectivity index (χ4v) is 3.51. The summed E-state index contributed by atoms with van der Waals surface area (Å²) in [6.45, 7) is 3.44. The number of carbonyl (C=O) groups excluding carboxylic acids is 1. The first-order chi connectivity index (χ1) is 14.7. The summed E-state index contributed by atoms with van der Waals surface area (Å²) in [5.41, 5.74) is 2.40. The second-order valence-corrected chi connectivity index (χ2v) is 7.33. The van der Waals surface area contributed by atoms with Gasteiger partial charge in [0.15, 0.2) is 0 Å². The van der Waals surface area contributed by atoms with Crippen LogP contribution in [0.5, 0.6) is 0 Å². The minimum absolute atomic E-state index is 0.293. The third-order valence-corrected chi connectivity index (χ3v) is 5.19. The van der Waals surface area contributed by atoms with Crippen molar-refractivity contribution in [2.24, 2.45) is 0 Å². The van der Waals surface area contributed by atoms with E-state index in [9.17, 15) is 4.79 Å². The maximum absolute atomic E-state index is 12.4. The molecule has 0 spiro atoms. The highest BCUT2D eigenvalue weighted by Gasteiger charge is 2.13. The Hall–Kier alpha value is -3.18. The summed E-state index contributed by atoms with van der Waals surface area (Å²) in [6, 6.07) is 10.9. The average Bonchev–Trinajstić information content (AvgIpc) is 3.28. The van der Waals surface area contributed by atoms with E-state index in [1.54, 1.807) is 10.9 Å². The predicted octanol–water partition coefficient (Wildman–Crippen LogP) is 1.94. The molecule has 10 nitrogen and oxygen atoms in total. The van der Waals surface area contributed by atoms with Crippen molar-refractivity contribution in [3.63, 3.8) is 0 Å². The molecule has 11 heteroatoms. The van der Waals surface area contributed by atoms with Crippen LogP contribution in [-0.4, -0.2) is 63.8 Å². The van der Waals surface area contributed by atoms with Crippen LogP contribution < -0.4 is 15.5 Å². The highest BCUT2D eigenvalue weighted by atomic mass is 32.2. The minimum Gasteiger partial charge on any atom is -0.378 e. The highest BCUT2D eigenvalue weighted by Crippen LogP contribution is 2.19. The van der Waals surface area contributed by atoms with Crippen molar-refractivity contribution in [2.45, 2.75) is 11.7 Å². The van der Waals surface area contributed by atoms with E-state index >= 15 is 0 Å². The molecule has 0 bridgehead atoms. The van der Waals surface area contributed by atoms with Gasteiger partial charge in [-0.15, -0.1) is 5.10 Å². The van der Waals surface area contributed by atoms with Crippen molar-refractivity contribution in [2.75, 3.05) is 42.8 Å². The van der Waals surface area contributed by atoms with Crippen LogP contribution in [0.4, 0.5) is 16.3 Å². The summed E-state index contributed by atoms with van der Waals surface area (Å²) in [7, 11) is 0. The van der Waals surface area contributed by atoms with Crippen LogP contribution >= 0.6 is 11.8 Å². The summed E-state index contributed by atoms with van der Waals surface area (Å²) in [5.74, 6) is 0.900. The number of benzene rings is 1. The summed E-state index contributed by atoms with van der Waals surface area (Å²) in [4.78, 5) is 19.0. The number of nitrogens with one attached hydrogen (secondary N) is 2. The normalized spacial score (nSPS) is 13.8. The number of thioether (sulfide) groups is 1. The van der Waals surface area contributed by atoms with E-state index in [2.05, 4.69) is 36.0 Å². The van der Waals surface area contributed by atoms with Crippen molar-refractivity contribution >= 4 is 29.3 Å². The van der Waals surface area contributed by atoms with Gasteiger partial charge >= 0.3 is 6.03 Å². The maximum Gasteiger partial charge on any atom is 0.319 e. The van der Waals surface area contributed by atoms with Gasteiger partial charge in [0.1, 0.15) is 5.82 Å². The molecule has 1 saturated heterocycles. The number of ether oxygens (including phenoxy) is 1. The SMILES string of the molecule is CSc1nnnn1-c1cccc(NC(=O)NCc2ccnc(N3CCOCC3)c2)c1. The Labute approximate surface area is 178 Å². The molecule has 0 aliphatic carbocycles. The molecule has 1 fully saturated rings. The van der Waals surface area contributed by atoms with Gasteiger partial charge < -0.3 is 20.3 Å². The Morgan fingerprint density at radius 1 is 1.23 bits per heavy atom. The molecule has 30 heavy (non-hydrogen) atoms. The van der Waals surface area contributed by atoms with Crippen molar-refractivity contribution < 1.29 is 9.53 Å². The molecule has 2 aromatic heterocycles. The first-order valence-corrected chi connectivity index (χ1v) is 10.7. The number of rotatable bonds is 6. The van der Waals surface area contributed by atoms with Crippen molar-refractivity contribution in [3.05, 3.63) is 48.2 Å². The molecule has 2 amide bonds. The molecule has 3 aromatic rings. The number of pyridine rings is 1. The van der Waals surface area contributed by atoms with Gasteiger partial charge in [-0.3, -0.25) is 0 Å². The smallest absolute Gasteiger partial charge is 0.319 e. The van der Waals surface area contributed by atoms with Crippen molar-refractivity contribution in [1.82, 2.24) is 30.5 Å². The molecule has 4 rings (SSSR count). The van der Waals surface area contributed by atoms with Crippen LogP contribution in [0, 0.1) is 0 Å². The monoisotopic (exact) mass is 426 g/mol. The lowest BCUT2D eigenvalue weighted by Gasteiger charge is -2.28. The fourth-order valence-electron chi connectivity index (χ4n) is 3.08.